The summed E-state index contributed by atoms with van der Waals surface area (Å²) in [5.41, 5.74) is 0.369. The number of piperidine rings is 1. The Labute approximate surface area is 207 Å². The summed E-state index contributed by atoms with van der Waals surface area (Å²) in [5.74, 6) is -1.65. The van der Waals surface area contributed by atoms with Crippen molar-refractivity contribution in [1.82, 2.24) is 19.7 Å². The largest absolute Gasteiger partial charge is 0.493 e. The molecular formula is C25H30N4O5S. The Bertz CT molecular complexity index is 1410. The minimum absolute atomic E-state index is 0.132. The Hall–Kier alpha value is -2.98. The van der Waals surface area contributed by atoms with Gasteiger partial charge in [-0.3, -0.25) is 9.78 Å². The third kappa shape index (κ3) is 3.98. The molecule has 1 N–H and O–H groups in total. The molecule has 2 aromatic heterocycles. The van der Waals surface area contributed by atoms with E-state index in [9.17, 15) is 18.3 Å². The van der Waals surface area contributed by atoms with Crippen LogP contribution in [0.15, 0.2) is 43.8 Å². The third-order valence-electron chi connectivity index (χ3n) is 7.38. The maximum atomic E-state index is 13.5. The number of ether oxygens (including phenoxy) is 1. The van der Waals surface area contributed by atoms with Gasteiger partial charge in [0.2, 0.25) is 0 Å². The zero-order valence-corrected chi connectivity index (χ0v) is 20.3. The highest BCUT2D eigenvalue weighted by Crippen LogP contribution is 2.45. The molecule has 1 saturated heterocycles. The average Bonchev–Trinajstić information content (AvgIpc) is 3.45. The molecule has 2 bridgehead atoms. The number of rotatable bonds is 6. The summed E-state index contributed by atoms with van der Waals surface area (Å²) < 4.78 is 47.1. The number of carbonyl (C=O) groups is 1. The quantitative estimate of drug-likeness (QED) is 0.606. The first kappa shape index (κ1) is 21.3. The van der Waals surface area contributed by atoms with Gasteiger partial charge in [0, 0.05) is 57.0 Å². The highest BCUT2D eigenvalue weighted by molar-refractivity contribution is 7.89. The van der Waals surface area contributed by atoms with Crippen LogP contribution in [-0.4, -0.2) is 70.1 Å². The Balaban J connectivity index is 1.52. The summed E-state index contributed by atoms with van der Waals surface area (Å²) in [6.45, 7) is 6.77. The van der Waals surface area contributed by atoms with Gasteiger partial charge < -0.3 is 14.7 Å². The highest BCUT2D eigenvalue weighted by Gasteiger charge is 2.50. The molecule has 2 fully saturated rings. The van der Waals surface area contributed by atoms with Crippen LogP contribution >= 0.6 is 0 Å². The van der Waals surface area contributed by atoms with Gasteiger partial charge in [-0.05, 0) is 25.8 Å². The van der Waals surface area contributed by atoms with E-state index in [2.05, 4.69) is 23.2 Å². The van der Waals surface area contributed by atoms with Gasteiger partial charge in [0.15, 0.2) is 9.84 Å². The summed E-state index contributed by atoms with van der Waals surface area (Å²) in [7, 11) is -3.46. The van der Waals surface area contributed by atoms with E-state index in [4.69, 9.17) is 7.48 Å². The molecule has 1 aliphatic carbocycles. The molecule has 186 valence electrons. The van der Waals surface area contributed by atoms with Crippen molar-refractivity contribution in [2.75, 3.05) is 19.3 Å². The second kappa shape index (κ2) is 8.30. The fourth-order valence-corrected chi connectivity index (χ4v) is 6.14. The summed E-state index contributed by atoms with van der Waals surface area (Å²) >= 11 is 0. The van der Waals surface area contributed by atoms with Gasteiger partial charge in [-0.25, -0.2) is 13.1 Å². The Morgan fingerprint density at radius 1 is 1.34 bits per heavy atom. The van der Waals surface area contributed by atoms with E-state index in [0.717, 1.165) is 6.26 Å². The fourth-order valence-electron chi connectivity index (χ4n) is 5.50. The molecule has 2 aliphatic heterocycles. The minimum atomic E-state index is -3.46. The summed E-state index contributed by atoms with van der Waals surface area (Å²) in [6, 6.07) is 1.55. The Kier molecular flexibility index (Phi) is 5.06. The fraction of sp³-hybridized carbons (Fsp3) is 0.480. The van der Waals surface area contributed by atoms with Crippen molar-refractivity contribution >= 4 is 32.2 Å². The molecule has 4 unspecified atom stereocenters. The molecule has 1 amide bonds. The lowest BCUT2D eigenvalue weighted by Crippen LogP contribution is -2.53. The minimum Gasteiger partial charge on any atom is -0.493 e. The normalized spacial score (nSPS) is 31.2. The first-order chi connectivity index (χ1) is 17.5. The second-order valence-electron chi connectivity index (χ2n) is 9.73. The van der Waals surface area contributed by atoms with E-state index in [0.29, 0.717) is 35.0 Å². The van der Waals surface area contributed by atoms with Crippen molar-refractivity contribution < 1.29 is 25.8 Å². The number of hydrogen-bond acceptors (Lipinski definition) is 7. The Morgan fingerprint density at radius 3 is 2.66 bits per heavy atom. The van der Waals surface area contributed by atoms with Crippen LogP contribution in [0.5, 0.6) is 0 Å². The number of nitrogens with zero attached hydrogens (tertiary/aromatic N) is 4. The predicted molar refractivity (Wildman–Crippen MR) is 132 cm³/mol. The lowest BCUT2D eigenvalue weighted by atomic mass is 9.82. The number of carbonyl (C=O) groups excluding carboxylic acids is 1. The van der Waals surface area contributed by atoms with Gasteiger partial charge >= 0.3 is 0 Å². The predicted octanol–water partition coefficient (Wildman–Crippen LogP) is 2.39. The first-order valence-electron chi connectivity index (χ1n) is 12.6. The van der Waals surface area contributed by atoms with E-state index < -0.39 is 22.3 Å². The molecule has 4 atom stereocenters. The zero-order valence-electron chi connectivity index (χ0n) is 21.5. The SMILES string of the molecule is [2H]C([2H])C1(O)C2CCC1CN(C(=O)c1cc3c(cn1)c(C1=COC(C=C)C1C=C)nn3CS(C)(=O)=O)C2. The van der Waals surface area contributed by atoms with E-state index in [-0.39, 0.29) is 54.4 Å². The average molecular weight is 501 g/mol. The monoisotopic (exact) mass is 500 g/mol. The molecular weight excluding hydrogens is 468 g/mol. The van der Waals surface area contributed by atoms with Gasteiger partial charge in [-0.2, -0.15) is 5.10 Å². The number of hydrogen-bond donors (Lipinski definition) is 1. The molecule has 3 aliphatic rings. The summed E-state index contributed by atoms with van der Waals surface area (Å²) in [4.78, 5) is 19.5. The number of aromatic nitrogens is 3. The lowest BCUT2D eigenvalue weighted by molar-refractivity contribution is -0.0616. The van der Waals surface area contributed by atoms with Crippen LogP contribution in [0.3, 0.4) is 0 Å². The van der Waals surface area contributed by atoms with Crippen molar-refractivity contribution in [2.24, 2.45) is 17.8 Å². The lowest BCUT2D eigenvalue weighted by Gasteiger charge is -2.42. The van der Waals surface area contributed by atoms with Crippen molar-refractivity contribution in [3.8, 4) is 0 Å². The standard InChI is InChI=1S/C25H30N4O5S/c1-5-17-19(13-34-22(17)6-2)23-18-10-26-20(9-21(18)29(27-23)14-35(4,32)33)24(30)28-11-15-7-8-16(12-28)25(15,3)31/h5-6,9-10,13,15-17,22,31H,1-2,7-8,11-12,14H2,3-4H3/i3D2. The molecule has 2 aromatic rings. The molecule has 10 heteroatoms. The van der Waals surface area contributed by atoms with E-state index in [1.807, 2.05) is 0 Å². The van der Waals surface area contributed by atoms with Gasteiger partial charge in [-0.15, -0.1) is 6.58 Å². The number of amides is 1. The molecule has 9 nitrogen and oxygen atoms in total. The molecule has 35 heavy (non-hydrogen) atoms. The van der Waals surface area contributed by atoms with Gasteiger partial charge in [0.1, 0.15) is 23.4 Å². The van der Waals surface area contributed by atoms with Crippen molar-refractivity contribution in [3.05, 3.63) is 55.2 Å². The first-order valence-corrected chi connectivity index (χ1v) is 13.6. The van der Waals surface area contributed by atoms with Crippen molar-refractivity contribution in [2.45, 2.75) is 37.3 Å². The maximum absolute atomic E-state index is 13.5. The number of sulfone groups is 1. The van der Waals surface area contributed by atoms with Crippen LogP contribution in [0.4, 0.5) is 0 Å². The van der Waals surface area contributed by atoms with E-state index in [1.54, 1.807) is 29.4 Å². The number of pyridine rings is 1. The van der Waals surface area contributed by atoms with Crippen LogP contribution in [0.25, 0.3) is 16.5 Å². The van der Waals surface area contributed by atoms with Crippen LogP contribution in [0, 0.1) is 17.8 Å². The van der Waals surface area contributed by atoms with Gasteiger partial charge in [0.25, 0.3) is 5.91 Å². The summed E-state index contributed by atoms with van der Waals surface area (Å²) in [6.07, 6.45) is 8.58. The number of likely N-dealkylation sites (tertiary alicyclic amines) is 1. The molecule has 4 heterocycles. The Morgan fingerprint density at radius 2 is 2.06 bits per heavy atom. The second-order valence-corrected chi connectivity index (χ2v) is 11.8. The molecule has 5 rings (SSSR count). The maximum Gasteiger partial charge on any atom is 0.272 e. The van der Waals surface area contributed by atoms with Gasteiger partial charge in [-0.1, -0.05) is 18.7 Å². The van der Waals surface area contributed by atoms with Crippen LogP contribution in [-0.2, 0) is 20.5 Å². The summed E-state index contributed by atoms with van der Waals surface area (Å²) in [5, 5.41) is 16.1. The van der Waals surface area contributed by atoms with E-state index in [1.165, 1.54) is 10.9 Å². The zero-order chi connectivity index (χ0) is 26.7. The number of aliphatic hydroxyl groups is 1. The van der Waals surface area contributed by atoms with Crippen molar-refractivity contribution in [1.29, 1.82) is 0 Å². The van der Waals surface area contributed by atoms with Crippen LogP contribution < -0.4 is 0 Å². The van der Waals surface area contributed by atoms with Crippen molar-refractivity contribution in [3.63, 3.8) is 0 Å². The van der Waals surface area contributed by atoms with Crippen LogP contribution in [0.2, 0.25) is 0 Å². The number of fused-ring (bicyclic) bond motifs is 3. The van der Waals surface area contributed by atoms with Crippen LogP contribution in [0.1, 0.15) is 38.6 Å². The third-order valence-corrected chi connectivity index (χ3v) is 8.09. The molecule has 0 radical (unpaired) electrons. The smallest absolute Gasteiger partial charge is 0.272 e. The molecule has 1 saturated carbocycles. The van der Waals surface area contributed by atoms with Gasteiger partial charge in [0.05, 0.1) is 17.4 Å². The molecule has 0 aromatic carbocycles. The van der Waals surface area contributed by atoms with E-state index >= 15 is 0 Å². The highest BCUT2D eigenvalue weighted by atomic mass is 32.2. The topological polar surface area (TPSA) is 115 Å². The molecule has 0 spiro atoms.